The van der Waals surface area contributed by atoms with Crippen molar-refractivity contribution in [2.75, 3.05) is 0 Å². The van der Waals surface area contributed by atoms with Gasteiger partial charge in [0, 0.05) is 19.3 Å². The Labute approximate surface area is 126 Å². The highest BCUT2D eigenvalue weighted by Gasteiger charge is 2.28. The van der Waals surface area contributed by atoms with Crippen LogP contribution in [0.15, 0.2) is 23.8 Å². The highest BCUT2D eigenvalue weighted by atomic mass is 16.5. The molecule has 4 nitrogen and oxygen atoms in total. The monoisotopic (exact) mass is 294 g/mol. The van der Waals surface area contributed by atoms with Crippen molar-refractivity contribution in [1.82, 2.24) is 0 Å². The molecule has 118 valence electrons. The summed E-state index contributed by atoms with van der Waals surface area (Å²) in [6, 6.07) is 0. The Balaban J connectivity index is 3.14. The van der Waals surface area contributed by atoms with E-state index >= 15 is 0 Å². The standard InChI is InChI=1S/C17H26O4/c1-12(2)15-7-9-17(4,20)8-5-6-14(11-18)10-16(15)21-13(3)19/h6-7,9,11-12,15-16,20H,5,8,10H2,1-4H3/b9-7-,14-6+/t15-,16+,17+/m0/s1. The first kappa shape index (κ1) is 17.6. The van der Waals surface area contributed by atoms with Gasteiger partial charge in [0.15, 0.2) is 0 Å². The summed E-state index contributed by atoms with van der Waals surface area (Å²) in [4.78, 5) is 22.6. The average molecular weight is 294 g/mol. The third-order valence-corrected chi connectivity index (χ3v) is 3.84. The summed E-state index contributed by atoms with van der Waals surface area (Å²) < 4.78 is 5.43. The van der Waals surface area contributed by atoms with E-state index in [-0.39, 0.29) is 23.9 Å². The molecule has 0 saturated heterocycles. The molecule has 21 heavy (non-hydrogen) atoms. The number of rotatable bonds is 3. The van der Waals surface area contributed by atoms with Crippen molar-refractivity contribution in [2.45, 2.75) is 58.7 Å². The lowest BCUT2D eigenvalue weighted by molar-refractivity contribution is -0.149. The van der Waals surface area contributed by atoms with Gasteiger partial charge in [-0.05, 0) is 31.3 Å². The zero-order valence-corrected chi connectivity index (χ0v) is 13.3. The molecule has 0 bridgehead atoms. The molecule has 1 aliphatic carbocycles. The molecule has 1 N–H and O–H groups in total. The number of esters is 1. The molecule has 0 unspecified atom stereocenters. The molecule has 0 amide bonds. The SMILES string of the molecule is CC(=O)O[C@@H]1C/C(C=O)=C\CC[C@@](C)(O)/C=C\[C@H]1C(C)C. The normalized spacial score (nSPS) is 34.7. The van der Waals surface area contributed by atoms with E-state index < -0.39 is 5.60 Å². The highest BCUT2D eigenvalue weighted by molar-refractivity contribution is 5.73. The second-order valence-corrected chi connectivity index (χ2v) is 6.33. The van der Waals surface area contributed by atoms with Crippen LogP contribution < -0.4 is 0 Å². The topological polar surface area (TPSA) is 63.6 Å². The van der Waals surface area contributed by atoms with Crippen LogP contribution in [0.5, 0.6) is 0 Å². The minimum atomic E-state index is -0.921. The van der Waals surface area contributed by atoms with Gasteiger partial charge < -0.3 is 9.84 Å². The third-order valence-electron chi connectivity index (χ3n) is 3.84. The Morgan fingerprint density at radius 3 is 2.71 bits per heavy atom. The summed E-state index contributed by atoms with van der Waals surface area (Å²) >= 11 is 0. The van der Waals surface area contributed by atoms with Gasteiger partial charge in [0.2, 0.25) is 0 Å². The third kappa shape index (κ3) is 5.84. The van der Waals surface area contributed by atoms with Gasteiger partial charge in [-0.25, -0.2) is 0 Å². The molecule has 1 aliphatic rings. The lowest BCUT2D eigenvalue weighted by Crippen LogP contribution is -2.31. The molecule has 0 fully saturated rings. The van der Waals surface area contributed by atoms with E-state index in [4.69, 9.17) is 4.74 Å². The average Bonchev–Trinajstić information content (AvgIpc) is 2.35. The minimum Gasteiger partial charge on any atom is -0.462 e. The quantitative estimate of drug-likeness (QED) is 0.494. The maximum Gasteiger partial charge on any atom is 0.302 e. The molecule has 0 aliphatic heterocycles. The number of aliphatic hydroxyl groups is 1. The molecule has 4 heteroatoms. The Hall–Kier alpha value is -1.42. The first-order valence-electron chi connectivity index (χ1n) is 7.48. The minimum absolute atomic E-state index is 0.0400. The van der Waals surface area contributed by atoms with E-state index in [2.05, 4.69) is 0 Å². The van der Waals surface area contributed by atoms with Gasteiger partial charge in [0.1, 0.15) is 12.4 Å². The summed E-state index contributed by atoms with van der Waals surface area (Å²) in [5.74, 6) is -0.163. The maximum absolute atomic E-state index is 11.4. The summed E-state index contributed by atoms with van der Waals surface area (Å²) in [5, 5.41) is 10.3. The fraction of sp³-hybridized carbons (Fsp3) is 0.647. The predicted octanol–water partition coefficient (Wildman–Crippen LogP) is 2.81. The van der Waals surface area contributed by atoms with Crippen LogP contribution in [0, 0.1) is 11.8 Å². The zero-order chi connectivity index (χ0) is 16.0. The molecular weight excluding hydrogens is 268 g/mol. The van der Waals surface area contributed by atoms with Gasteiger partial charge in [0.25, 0.3) is 0 Å². The van der Waals surface area contributed by atoms with E-state index in [9.17, 15) is 14.7 Å². The fourth-order valence-electron chi connectivity index (χ4n) is 2.61. The molecule has 0 aromatic rings. The second-order valence-electron chi connectivity index (χ2n) is 6.33. The molecule has 0 radical (unpaired) electrons. The van der Waals surface area contributed by atoms with Crippen LogP contribution >= 0.6 is 0 Å². The smallest absolute Gasteiger partial charge is 0.302 e. The van der Waals surface area contributed by atoms with E-state index in [0.717, 1.165) is 6.29 Å². The molecule has 0 spiro atoms. The maximum atomic E-state index is 11.4. The first-order valence-corrected chi connectivity index (χ1v) is 7.48. The van der Waals surface area contributed by atoms with Gasteiger partial charge in [-0.15, -0.1) is 0 Å². The van der Waals surface area contributed by atoms with E-state index in [1.807, 2.05) is 26.0 Å². The number of hydrogen-bond donors (Lipinski definition) is 1. The molecule has 0 aromatic carbocycles. The van der Waals surface area contributed by atoms with Crippen molar-refractivity contribution in [3.05, 3.63) is 23.8 Å². The molecule has 0 saturated carbocycles. The van der Waals surface area contributed by atoms with Crippen molar-refractivity contribution in [3.63, 3.8) is 0 Å². The van der Waals surface area contributed by atoms with Crippen LogP contribution in [0.25, 0.3) is 0 Å². The van der Waals surface area contributed by atoms with Gasteiger partial charge in [-0.1, -0.05) is 32.1 Å². The van der Waals surface area contributed by atoms with Crippen LogP contribution in [0.3, 0.4) is 0 Å². The lowest BCUT2D eigenvalue weighted by Gasteiger charge is -2.29. The van der Waals surface area contributed by atoms with Crippen molar-refractivity contribution in [1.29, 1.82) is 0 Å². The Morgan fingerprint density at radius 2 is 2.19 bits per heavy atom. The van der Waals surface area contributed by atoms with E-state index in [1.165, 1.54) is 6.92 Å². The van der Waals surface area contributed by atoms with Crippen molar-refractivity contribution in [2.24, 2.45) is 11.8 Å². The molecule has 3 atom stereocenters. The predicted molar refractivity (Wildman–Crippen MR) is 81.6 cm³/mol. The van der Waals surface area contributed by atoms with Gasteiger partial charge in [-0.3, -0.25) is 9.59 Å². The van der Waals surface area contributed by atoms with Gasteiger partial charge in [0.05, 0.1) is 5.60 Å². The first-order chi connectivity index (χ1) is 9.75. The van der Waals surface area contributed by atoms with Crippen LogP contribution in [-0.4, -0.2) is 29.1 Å². The summed E-state index contributed by atoms with van der Waals surface area (Å²) in [7, 11) is 0. The largest absolute Gasteiger partial charge is 0.462 e. The number of ether oxygens (including phenoxy) is 1. The number of allylic oxidation sites excluding steroid dienone is 1. The summed E-state index contributed by atoms with van der Waals surface area (Å²) in [6.07, 6.45) is 7.55. The molecule has 1 rings (SSSR count). The second kappa shape index (κ2) is 7.55. The molecular formula is C17H26O4. The fourth-order valence-corrected chi connectivity index (χ4v) is 2.61. The van der Waals surface area contributed by atoms with Crippen LogP contribution in [0.2, 0.25) is 0 Å². The van der Waals surface area contributed by atoms with Gasteiger partial charge >= 0.3 is 5.97 Å². The number of carbonyl (C=O) groups is 2. The Kier molecular flexibility index (Phi) is 6.34. The number of hydrogen-bond acceptors (Lipinski definition) is 4. The van der Waals surface area contributed by atoms with E-state index in [1.54, 1.807) is 13.0 Å². The Bertz CT molecular complexity index is 432. The lowest BCUT2D eigenvalue weighted by atomic mass is 9.83. The van der Waals surface area contributed by atoms with E-state index in [0.29, 0.717) is 24.8 Å². The number of aldehydes is 1. The van der Waals surface area contributed by atoms with Crippen molar-refractivity contribution in [3.8, 4) is 0 Å². The summed E-state index contributed by atoms with van der Waals surface area (Å²) in [5.41, 5.74) is -0.298. The zero-order valence-electron chi connectivity index (χ0n) is 13.3. The van der Waals surface area contributed by atoms with Crippen molar-refractivity contribution >= 4 is 12.3 Å². The van der Waals surface area contributed by atoms with Crippen molar-refractivity contribution < 1.29 is 19.4 Å². The van der Waals surface area contributed by atoms with Crippen LogP contribution in [0.4, 0.5) is 0 Å². The van der Waals surface area contributed by atoms with Crippen LogP contribution in [0.1, 0.15) is 47.0 Å². The van der Waals surface area contributed by atoms with Gasteiger partial charge in [-0.2, -0.15) is 0 Å². The Morgan fingerprint density at radius 1 is 1.52 bits per heavy atom. The molecule has 0 aromatic heterocycles. The highest BCUT2D eigenvalue weighted by Crippen LogP contribution is 2.28. The molecule has 0 heterocycles. The summed E-state index contributed by atoms with van der Waals surface area (Å²) in [6.45, 7) is 7.20. The van der Waals surface area contributed by atoms with Crippen LogP contribution in [-0.2, 0) is 14.3 Å². The number of carbonyl (C=O) groups excluding carboxylic acids is 2.